The Bertz CT molecular complexity index is 358. The van der Waals surface area contributed by atoms with Gasteiger partial charge >= 0.3 is 0 Å². The SMILES string of the molecule is Cc1nc(CNCC2CCCCC2CO)sc1C. The predicted molar refractivity (Wildman–Crippen MR) is 75.8 cm³/mol. The minimum absolute atomic E-state index is 0.349. The van der Waals surface area contributed by atoms with Crippen LogP contribution in [0.5, 0.6) is 0 Å². The van der Waals surface area contributed by atoms with E-state index in [9.17, 15) is 5.11 Å². The quantitative estimate of drug-likeness (QED) is 0.863. The summed E-state index contributed by atoms with van der Waals surface area (Å²) >= 11 is 1.78. The third kappa shape index (κ3) is 3.53. The third-order valence-corrected chi connectivity index (χ3v) is 5.13. The van der Waals surface area contributed by atoms with Crippen LogP contribution in [-0.4, -0.2) is 23.2 Å². The first-order valence-electron chi connectivity index (χ1n) is 6.95. The summed E-state index contributed by atoms with van der Waals surface area (Å²) < 4.78 is 0. The highest BCUT2D eigenvalue weighted by atomic mass is 32.1. The average Bonchev–Trinajstić information content (AvgIpc) is 2.69. The van der Waals surface area contributed by atoms with Crippen molar-refractivity contribution in [2.75, 3.05) is 13.2 Å². The fourth-order valence-electron chi connectivity index (χ4n) is 2.77. The van der Waals surface area contributed by atoms with Gasteiger partial charge in [-0.2, -0.15) is 0 Å². The summed E-state index contributed by atoms with van der Waals surface area (Å²) in [6.07, 6.45) is 5.05. The Morgan fingerprint density at radius 3 is 2.61 bits per heavy atom. The van der Waals surface area contributed by atoms with E-state index < -0.39 is 0 Å². The number of aromatic nitrogens is 1. The van der Waals surface area contributed by atoms with Crippen molar-refractivity contribution in [2.45, 2.75) is 46.1 Å². The summed E-state index contributed by atoms with van der Waals surface area (Å²) in [5.41, 5.74) is 1.16. The van der Waals surface area contributed by atoms with Crippen LogP contribution in [0.4, 0.5) is 0 Å². The zero-order chi connectivity index (χ0) is 13.0. The molecule has 0 saturated heterocycles. The van der Waals surface area contributed by atoms with Crippen LogP contribution >= 0.6 is 11.3 Å². The van der Waals surface area contributed by atoms with E-state index in [1.165, 1.54) is 35.6 Å². The zero-order valence-corrected chi connectivity index (χ0v) is 12.2. The number of rotatable bonds is 5. The highest BCUT2D eigenvalue weighted by molar-refractivity contribution is 7.11. The van der Waals surface area contributed by atoms with E-state index in [1.807, 2.05) is 0 Å². The van der Waals surface area contributed by atoms with Crippen molar-refractivity contribution in [3.05, 3.63) is 15.6 Å². The van der Waals surface area contributed by atoms with Gasteiger partial charge in [0.2, 0.25) is 0 Å². The molecule has 102 valence electrons. The summed E-state index contributed by atoms with van der Waals surface area (Å²) in [7, 11) is 0. The molecule has 1 fully saturated rings. The predicted octanol–water partition coefficient (Wildman–Crippen LogP) is 2.65. The summed E-state index contributed by atoms with van der Waals surface area (Å²) in [6, 6.07) is 0. The molecule has 18 heavy (non-hydrogen) atoms. The van der Waals surface area contributed by atoms with Gasteiger partial charge in [-0.1, -0.05) is 12.8 Å². The van der Waals surface area contributed by atoms with Crippen LogP contribution in [0.2, 0.25) is 0 Å². The Hall–Kier alpha value is -0.450. The number of aliphatic hydroxyl groups excluding tert-OH is 1. The van der Waals surface area contributed by atoms with Gasteiger partial charge in [-0.05, 0) is 45.1 Å². The van der Waals surface area contributed by atoms with Crippen molar-refractivity contribution in [1.82, 2.24) is 10.3 Å². The molecule has 4 heteroatoms. The number of aliphatic hydroxyl groups is 1. The second-order valence-corrected chi connectivity index (χ2v) is 6.66. The fourth-order valence-corrected chi connectivity index (χ4v) is 3.68. The lowest BCUT2D eigenvalue weighted by Gasteiger charge is -2.30. The summed E-state index contributed by atoms with van der Waals surface area (Å²) in [6.45, 7) is 6.43. The first kappa shape index (κ1) is 14.0. The van der Waals surface area contributed by atoms with Crippen LogP contribution in [0, 0.1) is 25.7 Å². The molecule has 1 aliphatic rings. The number of thiazole rings is 1. The molecule has 0 bridgehead atoms. The maximum absolute atomic E-state index is 9.38. The Morgan fingerprint density at radius 2 is 2.00 bits per heavy atom. The molecule has 1 aliphatic carbocycles. The molecular formula is C14H24N2OS. The van der Waals surface area contributed by atoms with Gasteiger partial charge in [0.05, 0.1) is 5.69 Å². The van der Waals surface area contributed by atoms with Gasteiger partial charge in [0.1, 0.15) is 5.01 Å². The molecule has 0 spiro atoms. The Morgan fingerprint density at radius 1 is 1.28 bits per heavy atom. The largest absolute Gasteiger partial charge is 0.396 e. The van der Waals surface area contributed by atoms with Crippen LogP contribution in [-0.2, 0) is 6.54 Å². The molecule has 2 unspecified atom stereocenters. The maximum atomic E-state index is 9.38. The molecule has 2 N–H and O–H groups in total. The smallest absolute Gasteiger partial charge is 0.107 e. The molecule has 0 aliphatic heterocycles. The summed E-state index contributed by atoms with van der Waals surface area (Å²) in [4.78, 5) is 5.86. The first-order valence-corrected chi connectivity index (χ1v) is 7.77. The Kier molecular flexibility index (Phi) is 5.15. The minimum Gasteiger partial charge on any atom is -0.396 e. The van der Waals surface area contributed by atoms with Gasteiger partial charge in [-0.25, -0.2) is 4.98 Å². The normalized spacial score (nSPS) is 24.4. The molecule has 0 aromatic carbocycles. The van der Waals surface area contributed by atoms with Crippen LogP contribution in [0.25, 0.3) is 0 Å². The Balaban J connectivity index is 1.77. The highest BCUT2D eigenvalue weighted by Crippen LogP contribution is 2.29. The summed E-state index contributed by atoms with van der Waals surface area (Å²) in [5.74, 6) is 1.15. The summed E-state index contributed by atoms with van der Waals surface area (Å²) in [5, 5.41) is 14.1. The number of nitrogens with one attached hydrogen (secondary N) is 1. The van der Waals surface area contributed by atoms with Crippen LogP contribution in [0.15, 0.2) is 0 Å². The second-order valence-electron chi connectivity index (χ2n) is 5.37. The van der Waals surface area contributed by atoms with E-state index >= 15 is 0 Å². The van der Waals surface area contributed by atoms with Gasteiger partial charge < -0.3 is 10.4 Å². The average molecular weight is 268 g/mol. The van der Waals surface area contributed by atoms with Crippen molar-refractivity contribution in [3.63, 3.8) is 0 Å². The molecule has 1 aromatic heterocycles. The van der Waals surface area contributed by atoms with Crippen molar-refractivity contribution < 1.29 is 5.11 Å². The van der Waals surface area contributed by atoms with Gasteiger partial charge in [0.15, 0.2) is 0 Å². The van der Waals surface area contributed by atoms with Crippen molar-refractivity contribution >= 4 is 11.3 Å². The van der Waals surface area contributed by atoms with Crippen LogP contribution in [0.1, 0.15) is 41.3 Å². The standard InChI is InChI=1S/C14H24N2OS/c1-10-11(2)18-14(16-10)8-15-7-12-5-3-4-6-13(12)9-17/h12-13,15,17H,3-9H2,1-2H3. The highest BCUT2D eigenvalue weighted by Gasteiger charge is 2.23. The molecule has 1 saturated carbocycles. The van der Waals surface area contributed by atoms with E-state index in [2.05, 4.69) is 24.1 Å². The van der Waals surface area contributed by atoms with E-state index in [0.29, 0.717) is 18.4 Å². The molecule has 2 rings (SSSR count). The Labute approximate surface area is 114 Å². The number of hydrogen-bond donors (Lipinski definition) is 2. The second kappa shape index (κ2) is 6.64. The molecule has 0 radical (unpaired) electrons. The number of hydrogen-bond acceptors (Lipinski definition) is 4. The zero-order valence-electron chi connectivity index (χ0n) is 11.4. The maximum Gasteiger partial charge on any atom is 0.107 e. The molecule has 3 nitrogen and oxygen atoms in total. The monoisotopic (exact) mass is 268 g/mol. The lowest BCUT2D eigenvalue weighted by molar-refractivity contribution is 0.133. The van der Waals surface area contributed by atoms with Crippen LogP contribution < -0.4 is 5.32 Å². The lowest BCUT2D eigenvalue weighted by atomic mass is 9.79. The third-order valence-electron chi connectivity index (χ3n) is 4.06. The minimum atomic E-state index is 0.349. The molecule has 1 aromatic rings. The number of aryl methyl sites for hydroxylation is 2. The lowest BCUT2D eigenvalue weighted by Crippen LogP contribution is -2.32. The molecule has 2 atom stereocenters. The molecular weight excluding hydrogens is 244 g/mol. The fraction of sp³-hybridized carbons (Fsp3) is 0.786. The van der Waals surface area contributed by atoms with E-state index in [-0.39, 0.29) is 0 Å². The van der Waals surface area contributed by atoms with Crippen molar-refractivity contribution in [1.29, 1.82) is 0 Å². The number of nitrogens with zero attached hydrogens (tertiary/aromatic N) is 1. The molecule has 1 heterocycles. The first-order chi connectivity index (χ1) is 8.70. The topological polar surface area (TPSA) is 45.2 Å². The van der Waals surface area contributed by atoms with E-state index in [4.69, 9.17) is 0 Å². The van der Waals surface area contributed by atoms with Gasteiger partial charge in [-0.15, -0.1) is 11.3 Å². The van der Waals surface area contributed by atoms with Crippen molar-refractivity contribution in [3.8, 4) is 0 Å². The van der Waals surface area contributed by atoms with Gasteiger partial charge in [-0.3, -0.25) is 0 Å². The molecule has 0 amide bonds. The van der Waals surface area contributed by atoms with Crippen LogP contribution in [0.3, 0.4) is 0 Å². The van der Waals surface area contributed by atoms with Gasteiger partial charge in [0.25, 0.3) is 0 Å². The van der Waals surface area contributed by atoms with E-state index in [0.717, 1.165) is 18.8 Å². The van der Waals surface area contributed by atoms with Crippen molar-refractivity contribution in [2.24, 2.45) is 11.8 Å². The van der Waals surface area contributed by atoms with Gasteiger partial charge in [0, 0.05) is 18.0 Å². The van der Waals surface area contributed by atoms with E-state index in [1.54, 1.807) is 11.3 Å².